The number of carbonyl (C=O) groups excluding carboxylic acids is 1. The van der Waals surface area contributed by atoms with Crippen LogP contribution in [0, 0.1) is 0 Å². The van der Waals surface area contributed by atoms with Crippen molar-refractivity contribution >= 4 is 28.0 Å². The van der Waals surface area contributed by atoms with Crippen LogP contribution in [0.4, 0.5) is 0 Å². The minimum Gasteiger partial charge on any atom is -0.342 e. The number of amides is 1. The molecule has 1 saturated heterocycles. The lowest BCUT2D eigenvalue weighted by atomic mass is 9.99. The van der Waals surface area contributed by atoms with Gasteiger partial charge in [0, 0.05) is 13.1 Å². The van der Waals surface area contributed by atoms with Gasteiger partial charge in [-0.05, 0) is 24.3 Å². The molecule has 2 aromatic heterocycles. The van der Waals surface area contributed by atoms with E-state index in [0.29, 0.717) is 18.8 Å². The van der Waals surface area contributed by atoms with Crippen molar-refractivity contribution in [2.45, 2.75) is 5.92 Å². The van der Waals surface area contributed by atoms with E-state index >= 15 is 0 Å². The Bertz CT molecular complexity index is 1060. The van der Waals surface area contributed by atoms with E-state index in [1.807, 2.05) is 48.5 Å². The zero-order valence-corrected chi connectivity index (χ0v) is 13.4. The Hall–Kier alpha value is -3.28. The van der Waals surface area contributed by atoms with Crippen LogP contribution >= 0.6 is 0 Å². The second kappa shape index (κ2) is 5.37. The van der Waals surface area contributed by atoms with Crippen LogP contribution in [-0.2, 0) is 0 Å². The predicted molar refractivity (Wildman–Crippen MR) is 94.3 cm³/mol. The van der Waals surface area contributed by atoms with Crippen molar-refractivity contribution in [3.05, 3.63) is 66.2 Å². The number of carbonyl (C=O) groups is 1. The Morgan fingerprint density at radius 3 is 2.48 bits per heavy atom. The van der Waals surface area contributed by atoms with Gasteiger partial charge in [-0.25, -0.2) is 9.97 Å². The molecule has 1 aliphatic heterocycles. The van der Waals surface area contributed by atoms with E-state index in [9.17, 15) is 4.79 Å². The average molecular weight is 329 g/mol. The van der Waals surface area contributed by atoms with Gasteiger partial charge in [-0.3, -0.25) is 9.78 Å². The molecule has 0 bridgehead atoms. The van der Waals surface area contributed by atoms with Crippen molar-refractivity contribution in [2.24, 2.45) is 0 Å². The standard InChI is InChI=1S/C19H15N5O/c25-19(17-9-20-13-5-1-2-6-14(13)21-17)24-10-12(11-24)18-22-15-7-3-4-8-16(15)23-18/h1-9,12H,10-11H2,(H,22,23). The monoisotopic (exact) mass is 329 g/mol. The van der Waals surface area contributed by atoms with Crippen LogP contribution in [0.2, 0.25) is 0 Å². The molecule has 3 heterocycles. The molecule has 0 spiro atoms. The lowest BCUT2D eigenvalue weighted by Crippen LogP contribution is -2.49. The lowest BCUT2D eigenvalue weighted by Gasteiger charge is -2.37. The Balaban J connectivity index is 1.34. The molecule has 1 amide bonds. The van der Waals surface area contributed by atoms with Gasteiger partial charge >= 0.3 is 0 Å². The van der Waals surface area contributed by atoms with Crippen LogP contribution in [0.25, 0.3) is 22.1 Å². The number of para-hydroxylation sites is 4. The molecule has 1 N–H and O–H groups in total. The highest BCUT2D eigenvalue weighted by molar-refractivity contribution is 5.94. The lowest BCUT2D eigenvalue weighted by molar-refractivity contribution is 0.0589. The minimum atomic E-state index is -0.0781. The van der Waals surface area contributed by atoms with Gasteiger partial charge in [0.2, 0.25) is 0 Å². The number of rotatable bonds is 2. The van der Waals surface area contributed by atoms with Crippen molar-refractivity contribution < 1.29 is 4.79 Å². The second-order valence-electron chi connectivity index (χ2n) is 6.29. The predicted octanol–water partition coefficient (Wildman–Crippen LogP) is 2.75. The third-order valence-electron chi connectivity index (χ3n) is 4.63. The van der Waals surface area contributed by atoms with E-state index in [4.69, 9.17) is 0 Å². The molecule has 5 rings (SSSR count). The average Bonchev–Trinajstić information content (AvgIpc) is 3.03. The zero-order valence-electron chi connectivity index (χ0n) is 13.4. The van der Waals surface area contributed by atoms with Crippen LogP contribution in [-0.4, -0.2) is 43.8 Å². The largest absolute Gasteiger partial charge is 0.342 e. The summed E-state index contributed by atoms with van der Waals surface area (Å²) < 4.78 is 0. The highest BCUT2D eigenvalue weighted by Gasteiger charge is 2.34. The third kappa shape index (κ3) is 2.34. The molecule has 2 aromatic carbocycles. The fraction of sp³-hybridized carbons (Fsp3) is 0.158. The number of fused-ring (bicyclic) bond motifs is 2. The van der Waals surface area contributed by atoms with Crippen LogP contribution in [0.15, 0.2) is 54.7 Å². The highest BCUT2D eigenvalue weighted by atomic mass is 16.2. The van der Waals surface area contributed by atoms with E-state index in [2.05, 4.69) is 19.9 Å². The molecule has 0 unspecified atom stereocenters. The summed E-state index contributed by atoms with van der Waals surface area (Å²) in [5.74, 6) is 1.10. The first-order valence-corrected chi connectivity index (χ1v) is 8.23. The number of aromatic nitrogens is 4. The maximum Gasteiger partial charge on any atom is 0.274 e. The Morgan fingerprint density at radius 1 is 0.960 bits per heavy atom. The molecule has 0 radical (unpaired) electrons. The molecule has 0 aliphatic carbocycles. The molecule has 0 atom stereocenters. The quantitative estimate of drug-likeness (QED) is 0.613. The zero-order chi connectivity index (χ0) is 16.8. The van der Waals surface area contributed by atoms with Crippen molar-refractivity contribution in [1.82, 2.24) is 24.8 Å². The minimum absolute atomic E-state index is 0.0781. The molecular formula is C19H15N5O. The molecule has 25 heavy (non-hydrogen) atoms. The number of H-pyrrole nitrogens is 1. The number of aromatic amines is 1. The summed E-state index contributed by atoms with van der Waals surface area (Å²) in [4.78, 5) is 31.1. The van der Waals surface area contributed by atoms with Crippen molar-refractivity contribution in [2.75, 3.05) is 13.1 Å². The number of nitrogens with one attached hydrogen (secondary N) is 1. The molecule has 0 saturated carbocycles. The Kier molecular flexibility index (Phi) is 3.03. The topological polar surface area (TPSA) is 74.8 Å². The summed E-state index contributed by atoms with van der Waals surface area (Å²) in [6.07, 6.45) is 1.55. The SMILES string of the molecule is O=C(c1cnc2ccccc2n1)N1CC(c2nc3ccccc3[nH]2)C1. The van der Waals surface area contributed by atoms with Gasteiger partial charge in [-0.2, -0.15) is 0 Å². The van der Waals surface area contributed by atoms with Crippen molar-refractivity contribution in [3.63, 3.8) is 0 Å². The van der Waals surface area contributed by atoms with Crippen LogP contribution in [0.5, 0.6) is 0 Å². The first-order chi connectivity index (χ1) is 12.3. The number of hydrogen-bond donors (Lipinski definition) is 1. The van der Waals surface area contributed by atoms with Crippen molar-refractivity contribution in [1.29, 1.82) is 0 Å². The van der Waals surface area contributed by atoms with Gasteiger partial charge in [0.05, 0.1) is 34.2 Å². The van der Waals surface area contributed by atoms with Gasteiger partial charge in [0.15, 0.2) is 0 Å². The summed E-state index contributed by atoms with van der Waals surface area (Å²) in [5, 5.41) is 0. The molecule has 6 heteroatoms. The summed E-state index contributed by atoms with van der Waals surface area (Å²) in [6.45, 7) is 1.29. The van der Waals surface area contributed by atoms with Crippen molar-refractivity contribution in [3.8, 4) is 0 Å². The number of nitrogens with zero attached hydrogens (tertiary/aromatic N) is 4. The Morgan fingerprint density at radius 2 is 1.68 bits per heavy atom. The smallest absolute Gasteiger partial charge is 0.274 e. The van der Waals surface area contributed by atoms with Crippen LogP contribution in [0.3, 0.4) is 0 Å². The number of hydrogen-bond acceptors (Lipinski definition) is 4. The molecule has 1 fully saturated rings. The fourth-order valence-corrected chi connectivity index (χ4v) is 3.21. The summed E-state index contributed by atoms with van der Waals surface area (Å²) >= 11 is 0. The first kappa shape index (κ1) is 14.1. The number of benzene rings is 2. The van der Waals surface area contributed by atoms with E-state index in [-0.39, 0.29) is 11.8 Å². The highest BCUT2D eigenvalue weighted by Crippen LogP contribution is 2.27. The van der Waals surface area contributed by atoms with Crippen LogP contribution in [0.1, 0.15) is 22.2 Å². The van der Waals surface area contributed by atoms with Gasteiger partial charge < -0.3 is 9.88 Å². The van der Waals surface area contributed by atoms with Gasteiger partial charge in [-0.1, -0.05) is 24.3 Å². The molecule has 1 aliphatic rings. The molecule has 122 valence electrons. The number of likely N-dealkylation sites (tertiary alicyclic amines) is 1. The van der Waals surface area contributed by atoms with E-state index < -0.39 is 0 Å². The van der Waals surface area contributed by atoms with E-state index in [1.54, 1.807) is 11.1 Å². The molecule has 4 aromatic rings. The van der Waals surface area contributed by atoms with Gasteiger partial charge in [0.1, 0.15) is 11.5 Å². The van der Waals surface area contributed by atoms with Gasteiger partial charge in [-0.15, -0.1) is 0 Å². The Labute approximate surface area is 143 Å². The summed E-state index contributed by atoms with van der Waals surface area (Å²) in [7, 11) is 0. The second-order valence-corrected chi connectivity index (χ2v) is 6.29. The third-order valence-corrected chi connectivity index (χ3v) is 4.63. The maximum absolute atomic E-state index is 12.6. The number of imidazole rings is 1. The summed E-state index contributed by atoms with van der Waals surface area (Å²) in [6, 6.07) is 15.5. The molecular weight excluding hydrogens is 314 g/mol. The van der Waals surface area contributed by atoms with E-state index in [0.717, 1.165) is 27.9 Å². The summed E-state index contributed by atoms with van der Waals surface area (Å²) in [5.41, 5.74) is 3.91. The first-order valence-electron chi connectivity index (χ1n) is 8.23. The normalized spacial score (nSPS) is 14.8. The van der Waals surface area contributed by atoms with Crippen LogP contribution < -0.4 is 0 Å². The van der Waals surface area contributed by atoms with E-state index in [1.165, 1.54) is 0 Å². The van der Waals surface area contributed by atoms with Gasteiger partial charge in [0.25, 0.3) is 5.91 Å². The fourth-order valence-electron chi connectivity index (χ4n) is 3.21. The maximum atomic E-state index is 12.6. The molecule has 6 nitrogen and oxygen atoms in total.